The van der Waals surface area contributed by atoms with Gasteiger partial charge in [-0.3, -0.25) is 4.90 Å². The lowest BCUT2D eigenvalue weighted by atomic mass is 10.2. The summed E-state index contributed by atoms with van der Waals surface area (Å²) >= 11 is 5.47. The van der Waals surface area contributed by atoms with Crippen molar-refractivity contribution in [2.75, 3.05) is 0 Å². The Kier molecular flexibility index (Phi) is 4.41. The van der Waals surface area contributed by atoms with Gasteiger partial charge in [0.15, 0.2) is 0 Å². The molecule has 2 aromatic rings. The second-order valence-electron chi connectivity index (χ2n) is 5.11. The van der Waals surface area contributed by atoms with Crippen molar-refractivity contribution >= 4 is 27.3 Å². The summed E-state index contributed by atoms with van der Waals surface area (Å²) in [7, 11) is 0. The van der Waals surface area contributed by atoms with Crippen LogP contribution in [0.5, 0.6) is 0 Å². The van der Waals surface area contributed by atoms with Gasteiger partial charge in [0, 0.05) is 21.9 Å². The third-order valence-corrected chi connectivity index (χ3v) is 5.73. The standard InChI is InChI=1S/C15H18BrNOS/c16-14-7-9-19-15(14)11-17(12-4-1-2-5-12)10-13-6-3-8-18-13/h3,6-9,12H,1-2,4-5,10-11H2. The Bertz CT molecular complexity index is 502. The summed E-state index contributed by atoms with van der Waals surface area (Å²) in [5.41, 5.74) is 0. The molecule has 0 radical (unpaired) electrons. The fraction of sp³-hybridized carbons (Fsp3) is 0.467. The Hall–Kier alpha value is -0.580. The van der Waals surface area contributed by atoms with Crippen molar-refractivity contribution in [2.24, 2.45) is 0 Å². The van der Waals surface area contributed by atoms with Crippen molar-refractivity contribution in [3.8, 4) is 0 Å². The van der Waals surface area contributed by atoms with Crippen molar-refractivity contribution in [3.63, 3.8) is 0 Å². The average molecular weight is 340 g/mol. The van der Waals surface area contributed by atoms with E-state index < -0.39 is 0 Å². The fourth-order valence-electron chi connectivity index (χ4n) is 2.81. The maximum atomic E-state index is 5.52. The van der Waals surface area contributed by atoms with Crippen LogP contribution in [0.2, 0.25) is 0 Å². The van der Waals surface area contributed by atoms with Gasteiger partial charge in [-0.15, -0.1) is 11.3 Å². The van der Waals surface area contributed by atoms with Gasteiger partial charge in [0.1, 0.15) is 5.76 Å². The van der Waals surface area contributed by atoms with Gasteiger partial charge < -0.3 is 4.42 Å². The Morgan fingerprint density at radius 2 is 2.11 bits per heavy atom. The molecule has 0 spiro atoms. The first-order valence-electron chi connectivity index (χ1n) is 6.81. The normalized spacial score (nSPS) is 16.5. The van der Waals surface area contributed by atoms with Gasteiger partial charge in [-0.05, 0) is 52.4 Å². The molecule has 102 valence electrons. The molecule has 1 saturated carbocycles. The first-order valence-corrected chi connectivity index (χ1v) is 8.48. The lowest BCUT2D eigenvalue weighted by molar-refractivity contribution is 0.168. The van der Waals surface area contributed by atoms with E-state index >= 15 is 0 Å². The molecule has 19 heavy (non-hydrogen) atoms. The average Bonchev–Trinajstić information content (AvgIpc) is 3.11. The maximum Gasteiger partial charge on any atom is 0.117 e. The van der Waals surface area contributed by atoms with Crippen LogP contribution in [0.4, 0.5) is 0 Å². The Labute approximate surface area is 126 Å². The molecule has 1 aliphatic carbocycles. The number of hydrogen-bond acceptors (Lipinski definition) is 3. The molecular formula is C15H18BrNOS. The van der Waals surface area contributed by atoms with Crippen LogP contribution in [0.1, 0.15) is 36.3 Å². The van der Waals surface area contributed by atoms with E-state index in [0.29, 0.717) is 6.04 Å². The number of rotatable bonds is 5. The van der Waals surface area contributed by atoms with Crippen molar-refractivity contribution < 1.29 is 4.42 Å². The van der Waals surface area contributed by atoms with Crippen LogP contribution >= 0.6 is 27.3 Å². The third-order valence-electron chi connectivity index (χ3n) is 3.82. The SMILES string of the molecule is Brc1ccsc1CN(Cc1ccco1)C1CCCC1. The van der Waals surface area contributed by atoms with E-state index in [1.54, 1.807) is 6.26 Å². The van der Waals surface area contributed by atoms with Crippen molar-refractivity contribution in [3.05, 3.63) is 45.0 Å². The fourth-order valence-corrected chi connectivity index (χ4v) is 4.31. The summed E-state index contributed by atoms with van der Waals surface area (Å²) in [6.07, 6.45) is 7.15. The van der Waals surface area contributed by atoms with E-state index in [2.05, 4.69) is 38.3 Å². The highest BCUT2D eigenvalue weighted by Crippen LogP contribution is 2.30. The molecule has 0 amide bonds. The predicted octanol–water partition coefficient (Wildman–Crippen LogP) is 5.05. The lowest BCUT2D eigenvalue weighted by Crippen LogP contribution is -2.31. The molecule has 0 aromatic carbocycles. The molecule has 1 fully saturated rings. The van der Waals surface area contributed by atoms with Gasteiger partial charge in [-0.1, -0.05) is 12.8 Å². The minimum atomic E-state index is 0.707. The van der Waals surface area contributed by atoms with Crippen molar-refractivity contribution in [1.82, 2.24) is 4.90 Å². The Balaban J connectivity index is 1.73. The van der Waals surface area contributed by atoms with Crippen LogP contribution in [-0.4, -0.2) is 10.9 Å². The van der Waals surface area contributed by atoms with Crippen LogP contribution in [0.15, 0.2) is 38.7 Å². The molecule has 0 bridgehead atoms. The predicted molar refractivity (Wildman–Crippen MR) is 82.2 cm³/mol. The van der Waals surface area contributed by atoms with E-state index in [0.717, 1.165) is 18.8 Å². The van der Waals surface area contributed by atoms with Crippen LogP contribution in [0.3, 0.4) is 0 Å². The highest BCUT2D eigenvalue weighted by molar-refractivity contribution is 9.10. The number of nitrogens with zero attached hydrogens (tertiary/aromatic N) is 1. The highest BCUT2D eigenvalue weighted by Gasteiger charge is 2.24. The number of thiophene rings is 1. The zero-order valence-corrected chi connectivity index (χ0v) is 13.3. The van der Waals surface area contributed by atoms with E-state index in [9.17, 15) is 0 Å². The van der Waals surface area contributed by atoms with Gasteiger partial charge in [-0.25, -0.2) is 0 Å². The molecule has 0 saturated heterocycles. The monoisotopic (exact) mass is 339 g/mol. The Morgan fingerprint density at radius 3 is 2.74 bits per heavy atom. The number of hydrogen-bond donors (Lipinski definition) is 0. The molecule has 0 aliphatic heterocycles. The second-order valence-corrected chi connectivity index (χ2v) is 6.97. The van der Waals surface area contributed by atoms with Crippen LogP contribution in [-0.2, 0) is 13.1 Å². The summed E-state index contributed by atoms with van der Waals surface area (Å²) in [6, 6.07) is 6.90. The zero-order chi connectivity index (χ0) is 13.1. The largest absolute Gasteiger partial charge is 0.468 e. The molecule has 1 aliphatic rings. The maximum absolute atomic E-state index is 5.52. The van der Waals surface area contributed by atoms with Crippen molar-refractivity contribution in [2.45, 2.75) is 44.8 Å². The molecule has 2 heterocycles. The third kappa shape index (κ3) is 3.30. The summed E-state index contributed by atoms with van der Waals surface area (Å²) in [4.78, 5) is 3.99. The van der Waals surface area contributed by atoms with Gasteiger partial charge in [0.25, 0.3) is 0 Å². The summed E-state index contributed by atoms with van der Waals surface area (Å²) in [5, 5.41) is 2.15. The van der Waals surface area contributed by atoms with Gasteiger partial charge in [0.2, 0.25) is 0 Å². The van der Waals surface area contributed by atoms with Gasteiger partial charge in [0.05, 0.1) is 12.8 Å². The zero-order valence-electron chi connectivity index (χ0n) is 10.8. The van der Waals surface area contributed by atoms with Gasteiger partial charge >= 0.3 is 0 Å². The minimum Gasteiger partial charge on any atom is -0.468 e. The Morgan fingerprint density at radius 1 is 1.26 bits per heavy atom. The molecule has 3 rings (SSSR count). The molecule has 2 aromatic heterocycles. The van der Waals surface area contributed by atoms with E-state index in [1.807, 2.05) is 17.4 Å². The highest BCUT2D eigenvalue weighted by atomic mass is 79.9. The van der Waals surface area contributed by atoms with Crippen molar-refractivity contribution in [1.29, 1.82) is 0 Å². The minimum absolute atomic E-state index is 0.707. The molecule has 0 unspecified atom stereocenters. The van der Waals surface area contributed by atoms with E-state index in [4.69, 9.17) is 4.42 Å². The molecule has 0 atom stereocenters. The molecular weight excluding hydrogens is 322 g/mol. The van der Waals surface area contributed by atoms with Crippen LogP contribution in [0.25, 0.3) is 0 Å². The quantitative estimate of drug-likeness (QED) is 0.757. The second kappa shape index (κ2) is 6.25. The summed E-state index contributed by atoms with van der Waals surface area (Å²) in [5.74, 6) is 1.07. The van der Waals surface area contributed by atoms with Gasteiger partial charge in [-0.2, -0.15) is 0 Å². The van der Waals surface area contributed by atoms with E-state index in [1.165, 1.54) is 35.0 Å². The molecule has 2 nitrogen and oxygen atoms in total. The van der Waals surface area contributed by atoms with Crippen LogP contribution in [0, 0.1) is 0 Å². The summed E-state index contributed by atoms with van der Waals surface area (Å²) < 4.78 is 6.76. The van der Waals surface area contributed by atoms with Crippen LogP contribution < -0.4 is 0 Å². The molecule has 0 N–H and O–H groups in total. The summed E-state index contributed by atoms with van der Waals surface area (Å²) in [6.45, 7) is 1.94. The topological polar surface area (TPSA) is 16.4 Å². The smallest absolute Gasteiger partial charge is 0.117 e. The number of furan rings is 1. The van der Waals surface area contributed by atoms with E-state index in [-0.39, 0.29) is 0 Å². The first-order chi connectivity index (χ1) is 9.33. The molecule has 4 heteroatoms. The number of halogens is 1. The lowest BCUT2D eigenvalue weighted by Gasteiger charge is -2.27. The first kappa shape index (κ1) is 13.4.